The molecule has 2 aliphatic rings. The van der Waals surface area contributed by atoms with Crippen LogP contribution < -0.4 is 5.32 Å². The lowest BCUT2D eigenvalue weighted by Gasteiger charge is -2.29. The number of fused-ring (bicyclic) bond motifs is 3. The largest absolute Gasteiger partial charge is 0.462 e. The summed E-state index contributed by atoms with van der Waals surface area (Å²) in [6.07, 6.45) is 0.831. The number of ether oxygens (including phenoxy) is 1. The lowest BCUT2D eigenvalue weighted by Crippen LogP contribution is -2.27. The average Bonchev–Trinajstić information content (AvgIpc) is 2.96. The van der Waals surface area contributed by atoms with E-state index < -0.39 is 11.7 Å². The van der Waals surface area contributed by atoms with E-state index in [2.05, 4.69) is 10.2 Å². The molecule has 6 nitrogen and oxygen atoms in total. The highest BCUT2D eigenvalue weighted by Crippen LogP contribution is 2.39. The minimum Gasteiger partial charge on any atom is -0.462 e. The van der Waals surface area contributed by atoms with Gasteiger partial charge in [-0.05, 0) is 60.8 Å². The van der Waals surface area contributed by atoms with Gasteiger partial charge < -0.3 is 15.0 Å². The standard InChI is InChI=1S/C21H20N2O4/c1-3-27-21(26)13-6-4-12(5-7-13)15-10-16-18(22-20(25)19(16)24)17-11-23(2)9-8-14(15)17/h4-7,10H,3,8-9,11H2,1-2H3,(H,22,24,25). The topological polar surface area (TPSA) is 75.7 Å². The molecular weight excluding hydrogens is 344 g/mol. The molecule has 0 saturated heterocycles. The second kappa shape index (κ2) is 6.63. The Morgan fingerprint density at radius 1 is 1.15 bits per heavy atom. The van der Waals surface area contributed by atoms with Gasteiger partial charge in [-0.15, -0.1) is 0 Å². The van der Waals surface area contributed by atoms with Crippen LogP contribution >= 0.6 is 0 Å². The second-order valence-electron chi connectivity index (χ2n) is 6.87. The third-order valence-corrected chi connectivity index (χ3v) is 5.12. The number of amides is 1. The van der Waals surface area contributed by atoms with Gasteiger partial charge in [0.25, 0.3) is 11.7 Å². The highest BCUT2D eigenvalue weighted by atomic mass is 16.5. The predicted molar refractivity (Wildman–Crippen MR) is 101 cm³/mol. The number of likely N-dealkylation sites (N-methyl/N-ethyl adjacent to an activating group) is 1. The fourth-order valence-corrected chi connectivity index (χ4v) is 3.76. The van der Waals surface area contributed by atoms with Gasteiger partial charge in [0.2, 0.25) is 0 Å². The summed E-state index contributed by atoms with van der Waals surface area (Å²) in [6.45, 7) is 3.68. The molecule has 0 unspecified atom stereocenters. The van der Waals surface area contributed by atoms with Crippen molar-refractivity contribution in [3.8, 4) is 11.1 Å². The number of nitrogens with one attached hydrogen (secondary N) is 1. The highest BCUT2D eigenvalue weighted by molar-refractivity contribution is 6.52. The number of carbonyl (C=O) groups is 3. The van der Waals surface area contributed by atoms with E-state index in [0.29, 0.717) is 30.0 Å². The summed E-state index contributed by atoms with van der Waals surface area (Å²) in [5.41, 5.74) is 5.58. The summed E-state index contributed by atoms with van der Waals surface area (Å²) in [5.74, 6) is -1.42. The first kappa shape index (κ1) is 17.4. The minimum absolute atomic E-state index is 0.329. The Labute approximate surface area is 157 Å². The number of benzene rings is 2. The molecule has 2 aromatic rings. The van der Waals surface area contributed by atoms with Crippen LogP contribution in [0.15, 0.2) is 30.3 Å². The number of hydrogen-bond acceptors (Lipinski definition) is 5. The van der Waals surface area contributed by atoms with Crippen LogP contribution in [0.2, 0.25) is 0 Å². The molecule has 2 aliphatic heterocycles. The van der Waals surface area contributed by atoms with Crippen LogP contribution in [-0.4, -0.2) is 42.8 Å². The van der Waals surface area contributed by atoms with E-state index in [9.17, 15) is 14.4 Å². The van der Waals surface area contributed by atoms with Crippen molar-refractivity contribution in [3.05, 3.63) is 52.6 Å². The smallest absolute Gasteiger partial charge is 0.338 e. The van der Waals surface area contributed by atoms with E-state index in [-0.39, 0.29) is 5.97 Å². The molecule has 0 spiro atoms. The molecule has 0 saturated carbocycles. The Morgan fingerprint density at radius 2 is 1.89 bits per heavy atom. The Kier molecular flexibility index (Phi) is 4.28. The number of hydrogen-bond donors (Lipinski definition) is 1. The zero-order valence-corrected chi connectivity index (χ0v) is 15.3. The van der Waals surface area contributed by atoms with Crippen molar-refractivity contribution in [2.45, 2.75) is 19.9 Å². The van der Waals surface area contributed by atoms with Crippen molar-refractivity contribution in [1.82, 2.24) is 4.90 Å². The van der Waals surface area contributed by atoms with Gasteiger partial charge in [0.1, 0.15) is 0 Å². The predicted octanol–water partition coefficient (Wildman–Crippen LogP) is 2.65. The first-order valence-corrected chi connectivity index (χ1v) is 9.00. The summed E-state index contributed by atoms with van der Waals surface area (Å²) < 4.78 is 5.03. The molecular formula is C21H20N2O4. The average molecular weight is 364 g/mol. The summed E-state index contributed by atoms with van der Waals surface area (Å²) in [6, 6.07) is 8.99. The molecule has 0 radical (unpaired) electrons. The minimum atomic E-state index is -0.574. The maximum absolute atomic E-state index is 12.3. The van der Waals surface area contributed by atoms with E-state index in [1.807, 2.05) is 19.2 Å². The molecule has 0 aliphatic carbocycles. The number of Topliss-reactive ketones (excluding diaryl/α,β-unsaturated/α-hetero) is 1. The lowest BCUT2D eigenvalue weighted by atomic mass is 9.87. The fourth-order valence-electron chi connectivity index (χ4n) is 3.76. The SMILES string of the molecule is CCOC(=O)c1ccc(-c2cc3c(c4c2CCN(C)C4)NC(=O)C3=O)cc1. The first-order chi connectivity index (χ1) is 13.0. The van der Waals surface area contributed by atoms with E-state index >= 15 is 0 Å². The molecule has 0 bridgehead atoms. The van der Waals surface area contributed by atoms with Crippen molar-refractivity contribution in [3.63, 3.8) is 0 Å². The number of rotatable bonds is 3. The molecule has 0 fully saturated rings. The zero-order chi connectivity index (χ0) is 19.1. The molecule has 0 atom stereocenters. The van der Waals surface area contributed by atoms with Gasteiger partial charge in [0, 0.05) is 13.1 Å². The van der Waals surface area contributed by atoms with Crippen molar-refractivity contribution >= 4 is 23.3 Å². The number of anilines is 1. The molecule has 138 valence electrons. The van der Waals surface area contributed by atoms with Gasteiger partial charge in [-0.1, -0.05) is 12.1 Å². The van der Waals surface area contributed by atoms with Crippen molar-refractivity contribution < 1.29 is 19.1 Å². The maximum Gasteiger partial charge on any atom is 0.338 e. The number of esters is 1. The third kappa shape index (κ3) is 2.92. The summed E-state index contributed by atoms with van der Waals surface area (Å²) in [5, 5.41) is 2.74. The van der Waals surface area contributed by atoms with Gasteiger partial charge in [-0.2, -0.15) is 0 Å². The van der Waals surface area contributed by atoms with Crippen LogP contribution in [0.1, 0.15) is 38.8 Å². The van der Waals surface area contributed by atoms with Crippen LogP contribution in [-0.2, 0) is 22.5 Å². The van der Waals surface area contributed by atoms with E-state index in [4.69, 9.17) is 4.74 Å². The molecule has 2 heterocycles. The Morgan fingerprint density at radius 3 is 2.59 bits per heavy atom. The van der Waals surface area contributed by atoms with E-state index in [0.717, 1.165) is 35.2 Å². The van der Waals surface area contributed by atoms with Crippen LogP contribution in [0.5, 0.6) is 0 Å². The molecule has 27 heavy (non-hydrogen) atoms. The second-order valence-corrected chi connectivity index (χ2v) is 6.87. The van der Waals surface area contributed by atoms with Gasteiger partial charge >= 0.3 is 5.97 Å². The molecule has 6 heteroatoms. The summed E-state index contributed by atoms with van der Waals surface area (Å²) >= 11 is 0. The maximum atomic E-state index is 12.3. The van der Waals surface area contributed by atoms with Gasteiger partial charge in [0.15, 0.2) is 0 Å². The Hall–Kier alpha value is -2.99. The molecule has 0 aromatic heterocycles. The van der Waals surface area contributed by atoms with Gasteiger partial charge in [-0.3, -0.25) is 9.59 Å². The number of nitrogens with zero attached hydrogens (tertiary/aromatic N) is 1. The van der Waals surface area contributed by atoms with Crippen molar-refractivity contribution in [1.29, 1.82) is 0 Å². The summed E-state index contributed by atoms with van der Waals surface area (Å²) in [4.78, 5) is 38.2. The quantitative estimate of drug-likeness (QED) is 0.669. The van der Waals surface area contributed by atoms with Crippen molar-refractivity contribution in [2.24, 2.45) is 0 Å². The Balaban J connectivity index is 1.82. The lowest BCUT2D eigenvalue weighted by molar-refractivity contribution is -0.112. The zero-order valence-electron chi connectivity index (χ0n) is 15.3. The van der Waals surface area contributed by atoms with Crippen molar-refractivity contribution in [2.75, 3.05) is 25.5 Å². The molecule has 2 aromatic carbocycles. The van der Waals surface area contributed by atoms with Crippen LogP contribution in [0, 0.1) is 0 Å². The van der Waals surface area contributed by atoms with Crippen LogP contribution in [0.3, 0.4) is 0 Å². The number of carbonyl (C=O) groups excluding carboxylic acids is 3. The van der Waals surface area contributed by atoms with Crippen LogP contribution in [0.25, 0.3) is 11.1 Å². The molecule has 4 rings (SSSR count). The third-order valence-electron chi connectivity index (χ3n) is 5.12. The van der Waals surface area contributed by atoms with Gasteiger partial charge in [0.05, 0.1) is 23.4 Å². The Bertz CT molecular complexity index is 963. The van der Waals surface area contributed by atoms with Crippen LogP contribution in [0.4, 0.5) is 5.69 Å². The molecule has 1 amide bonds. The number of ketones is 1. The summed E-state index contributed by atoms with van der Waals surface area (Å²) in [7, 11) is 2.02. The first-order valence-electron chi connectivity index (χ1n) is 9.00. The van der Waals surface area contributed by atoms with E-state index in [1.54, 1.807) is 25.1 Å². The normalized spacial score (nSPS) is 15.9. The monoisotopic (exact) mass is 364 g/mol. The molecule has 1 N–H and O–H groups in total. The van der Waals surface area contributed by atoms with Gasteiger partial charge in [-0.25, -0.2) is 4.79 Å². The highest BCUT2D eigenvalue weighted by Gasteiger charge is 2.34. The van der Waals surface area contributed by atoms with E-state index in [1.165, 1.54) is 0 Å². The fraction of sp³-hybridized carbons (Fsp3) is 0.286.